The lowest BCUT2D eigenvalue weighted by atomic mass is 10.2. The van der Waals surface area contributed by atoms with E-state index in [4.69, 9.17) is 11.6 Å². The van der Waals surface area contributed by atoms with Crippen molar-refractivity contribution >= 4 is 35.1 Å². The van der Waals surface area contributed by atoms with Crippen LogP contribution >= 0.6 is 23.4 Å². The Bertz CT molecular complexity index is 839. The number of carbonyl (C=O) groups is 1. The molecule has 1 aromatic carbocycles. The fourth-order valence-electron chi connectivity index (χ4n) is 2.03. The van der Waals surface area contributed by atoms with Crippen LogP contribution in [0.4, 0.5) is 5.82 Å². The average Bonchev–Trinajstić information content (AvgIpc) is 3.04. The monoisotopic (exact) mass is 374 g/mol. The molecule has 0 aliphatic carbocycles. The second-order valence-electron chi connectivity index (χ2n) is 5.22. The van der Waals surface area contributed by atoms with Gasteiger partial charge >= 0.3 is 0 Å². The molecule has 1 amide bonds. The highest BCUT2D eigenvalue weighted by atomic mass is 35.5. The number of halogens is 1. The molecule has 0 aliphatic heterocycles. The van der Waals surface area contributed by atoms with Crippen LogP contribution in [0.3, 0.4) is 0 Å². The van der Waals surface area contributed by atoms with E-state index in [0.29, 0.717) is 22.5 Å². The molecule has 1 N–H and O–H groups in total. The lowest BCUT2D eigenvalue weighted by Gasteiger charge is -2.11. The van der Waals surface area contributed by atoms with Crippen molar-refractivity contribution in [3.63, 3.8) is 0 Å². The van der Waals surface area contributed by atoms with E-state index >= 15 is 0 Å². The van der Waals surface area contributed by atoms with Gasteiger partial charge in [0.05, 0.1) is 16.8 Å². The van der Waals surface area contributed by atoms with E-state index in [9.17, 15) is 4.79 Å². The van der Waals surface area contributed by atoms with Gasteiger partial charge in [0.1, 0.15) is 5.82 Å². The Hall–Kier alpha value is -2.45. The summed E-state index contributed by atoms with van der Waals surface area (Å²) in [5, 5.41) is 15.2. The van der Waals surface area contributed by atoms with Crippen molar-refractivity contribution in [2.75, 3.05) is 5.32 Å². The van der Waals surface area contributed by atoms with E-state index in [-0.39, 0.29) is 5.91 Å². The largest absolute Gasteiger partial charge is 0.310 e. The zero-order valence-corrected chi connectivity index (χ0v) is 14.9. The number of pyridine rings is 1. The SMILES string of the molecule is CC(Sc1nnnn1Cc1ccccc1)C(=O)Nc1ccc(Cl)cn1. The number of rotatable bonds is 6. The van der Waals surface area contributed by atoms with Crippen LogP contribution in [0.25, 0.3) is 0 Å². The summed E-state index contributed by atoms with van der Waals surface area (Å²) in [5.74, 6) is 0.264. The molecular formula is C16H15ClN6OS. The van der Waals surface area contributed by atoms with Gasteiger partial charge in [-0.3, -0.25) is 4.79 Å². The Kier molecular flexibility index (Phi) is 5.62. The van der Waals surface area contributed by atoms with Crippen LogP contribution in [0.15, 0.2) is 53.8 Å². The number of amides is 1. The average molecular weight is 375 g/mol. The van der Waals surface area contributed by atoms with Gasteiger partial charge in [0, 0.05) is 6.20 Å². The lowest BCUT2D eigenvalue weighted by molar-refractivity contribution is -0.115. The number of tetrazole rings is 1. The second kappa shape index (κ2) is 8.09. The zero-order chi connectivity index (χ0) is 17.6. The third-order valence-corrected chi connectivity index (χ3v) is 4.60. The third kappa shape index (κ3) is 4.77. The van der Waals surface area contributed by atoms with E-state index < -0.39 is 5.25 Å². The first kappa shape index (κ1) is 17.4. The summed E-state index contributed by atoms with van der Waals surface area (Å²) in [6, 6.07) is 13.2. The normalized spacial score (nSPS) is 11.9. The molecule has 3 rings (SSSR count). The maximum absolute atomic E-state index is 12.3. The van der Waals surface area contributed by atoms with E-state index in [1.54, 1.807) is 23.7 Å². The van der Waals surface area contributed by atoms with Crippen LogP contribution in [-0.4, -0.2) is 36.3 Å². The minimum absolute atomic E-state index is 0.186. The predicted octanol–water partition coefficient (Wildman–Crippen LogP) is 2.89. The molecule has 128 valence electrons. The summed E-state index contributed by atoms with van der Waals surface area (Å²) < 4.78 is 1.67. The molecule has 9 heteroatoms. The van der Waals surface area contributed by atoms with Crippen LogP contribution in [0.1, 0.15) is 12.5 Å². The molecule has 2 aromatic heterocycles. The van der Waals surface area contributed by atoms with E-state index in [1.165, 1.54) is 18.0 Å². The topological polar surface area (TPSA) is 85.6 Å². The molecule has 2 heterocycles. The predicted molar refractivity (Wildman–Crippen MR) is 96.6 cm³/mol. The van der Waals surface area contributed by atoms with Gasteiger partial charge in [0.2, 0.25) is 11.1 Å². The first-order valence-electron chi connectivity index (χ1n) is 7.51. The van der Waals surface area contributed by atoms with Gasteiger partial charge < -0.3 is 5.32 Å². The lowest BCUT2D eigenvalue weighted by Crippen LogP contribution is -2.23. The Labute approximate surface area is 153 Å². The maximum Gasteiger partial charge on any atom is 0.238 e. The molecule has 1 unspecified atom stereocenters. The number of nitrogens with zero attached hydrogens (tertiary/aromatic N) is 5. The molecule has 0 spiro atoms. The molecule has 7 nitrogen and oxygen atoms in total. The van der Waals surface area contributed by atoms with Crippen LogP contribution in [0.5, 0.6) is 0 Å². The number of thioether (sulfide) groups is 1. The minimum atomic E-state index is -0.391. The van der Waals surface area contributed by atoms with E-state index in [0.717, 1.165) is 5.56 Å². The van der Waals surface area contributed by atoms with Gasteiger partial charge in [-0.25, -0.2) is 9.67 Å². The summed E-state index contributed by atoms with van der Waals surface area (Å²) >= 11 is 7.07. The molecule has 0 radical (unpaired) electrons. The number of hydrogen-bond donors (Lipinski definition) is 1. The minimum Gasteiger partial charge on any atom is -0.310 e. The van der Waals surface area contributed by atoms with Crippen molar-refractivity contribution < 1.29 is 4.79 Å². The summed E-state index contributed by atoms with van der Waals surface area (Å²) in [7, 11) is 0. The van der Waals surface area contributed by atoms with Crippen LogP contribution in [0.2, 0.25) is 5.02 Å². The molecule has 0 bridgehead atoms. The first-order valence-corrected chi connectivity index (χ1v) is 8.77. The van der Waals surface area contributed by atoms with Crippen LogP contribution in [-0.2, 0) is 11.3 Å². The number of anilines is 1. The van der Waals surface area contributed by atoms with Crippen LogP contribution in [0, 0.1) is 0 Å². The molecule has 0 aliphatic rings. The molecule has 3 aromatic rings. The molecular weight excluding hydrogens is 360 g/mol. The standard InChI is InChI=1S/C16H15ClN6OS/c1-11(15(24)19-14-8-7-13(17)9-18-14)25-16-20-21-22-23(16)10-12-5-3-2-4-6-12/h2-9,11H,10H2,1H3,(H,18,19,24). The highest BCUT2D eigenvalue weighted by Gasteiger charge is 2.19. The third-order valence-electron chi connectivity index (χ3n) is 3.30. The van der Waals surface area contributed by atoms with Crippen molar-refractivity contribution in [2.24, 2.45) is 0 Å². The van der Waals surface area contributed by atoms with Crippen LogP contribution < -0.4 is 5.32 Å². The maximum atomic E-state index is 12.3. The van der Waals surface area contributed by atoms with Gasteiger partial charge in [-0.1, -0.05) is 53.7 Å². The summed E-state index contributed by atoms with van der Waals surface area (Å²) in [6.45, 7) is 2.33. The quantitative estimate of drug-likeness (QED) is 0.668. The van der Waals surface area contributed by atoms with Crippen molar-refractivity contribution in [3.05, 3.63) is 59.2 Å². The van der Waals surface area contributed by atoms with Crippen molar-refractivity contribution in [1.29, 1.82) is 0 Å². The van der Waals surface area contributed by atoms with Gasteiger partial charge in [-0.05, 0) is 35.0 Å². The van der Waals surface area contributed by atoms with Gasteiger partial charge in [-0.15, -0.1) is 5.10 Å². The first-order chi connectivity index (χ1) is 12.1. The second-order valence-corrected chi connectivity index (χ2v) is 6.96. The fraction of sp³-hybridized carbons (Fsp3) is 0.188. The smallest absolute Gasteiger partial charge is 0.238 e. The number of benzene rings is 1. The number of hydrogen-bond acceptors (Lipinski definition) is 6. The summed E-state index contributed by atoms with van der Waals surface area (Å²) in [4.78, 5) is 16.4. The highest BCUT2D eigenvalue weighted by Crippen LogP contribution is 2.22. The Morgan fingerprint density at radius 3 is 2.80 bits per heavy atom. The number of carbonyl (C=O) groups excluding carboxylic acids is 1. The number of nitrogens with one attached hydrogen (secondary N) is 1. The Morgan fingerprint density at radius 1 is 1.28 bits per heavy atom. The van der Waals surface area contributed by atoms with Gasteiger partial charge in [0.15, 0.2) is 0 Å². The molecule has 0 fully saturated rings. The van der Waals surface area contributed by atoms with Crippen molar-refractivity contribution in [3.8, 4) is 0 Å². The highest BCUT2D eigenvalue weighted by molar-refractivity contribution is 8.00. The zero-order valence-electron chi connectivity index (χ0n) is 13.3. The van der Waals surface area contributed by atoms with E-state index in [1.807, 2.05) is 30.3 Å². The summed E-state index contributed by atoms with van der Waals surface area (Å²) in [5.41, 5.74) is 1.08. The number of aromatic nitrogens is 5. The van der Waals surface area contributed by atoms with Gasteiger partial charge in [0.25, 0.3) is 0 Å². The van der Waals surface area contributed by atoms with Crippen molar-refractivity contribution in [2.45, 2.75) is 23.9 Å². The van der Waals surface area contributed by atoms with E-state index in [2.05, 4.69) is 25.8 Å². The Morgan fingerprint density at radius 2 is 2.08 bits per heavy atom. The Balaban J connectivity index is 1.63. The summed E-state index contributed by atoms with van der Waals surface area (Å²) in [6.07, 6.45) is 1.48. The fourth-order valence-corrected chi connectivity index (χ4v) is 2.93. The van der Waals surface area contributed by atoms with Gasteiger partial charge in [-0.2, -0.15) is 0 Å². The van der Waals surface area contributed by atoms with Crippen molar-refractivity contribution in [1.82, 2.24) is 25.2 Å². The molecule has 0 saturated heterocycles. The molecule has 1 atom stereocenters. The molecule has 25 heavy (non-hydrogen) atoms. The molecule has 0 saturated carbocycles.